The van der Waals surface area contributed by atoms with Gasteiger partial charge in [-0.1, -0.05) is 17.7 Å². The van der Waals surface area contributed by atoms with E-state index in [-0.39, 0.29) is 18.7 Å². The summed E-state index contributed by atoms with van der Waals surface area (Å²) in [4.78, 5) is 13.5. The van der Waals surface area contributed by atoms with Gasteiger partial charge in [0.25, 0.3) is 0 Å². The van der Waals surface area contributed by atoms with Gasteiger partial charge in [-0.25, -0.2) is 4.79 Å². The molecule has 1 heterocycles. The number of carbonyl (C=O) groups is 1. The lowest BCUT2D eigenvalue weighted by atomic mass is 10.0. The van der Waals surface area contributed by atoms with E-state index >= 15 is 0 Å². The summed E-state index contributed by atoms with van der Waals surface area (Å²) in [5.41, 5.74) is 4.10. The molecule has 18 heavy (non-hydrogen) atoms. The Morgan fingerprint density at radius 2 is 1.94 bits per heavy atom. The molecule has 98 valence electrons. The lowest BCUT2D eigenvalue weighted by Gasteiger charge is -2.35. The number of nitrogens with zero attached hydrogens (tertiary/aromatic N) is 1. The molecule has 1 amide bonds. The Bertz CT molecular complexity index is 447. The first-order chi connectivity index (χ1) is 8.54. The van der Waals surface area contributed by atoms with Crippen molar-refractivity contribution >= 4 is 11.8 Å². The maximum absolute atomic E-state index is 11.9. The van der Waals surface area contributed by atoms with E-state index < -0.39 is 0 Å². The van der Waals surface area contributed by atoms with Crippen LogP contribution < -0.4 is 4.90 Å². The average molecular weight is 249 g/mol. The minimum atomic E-state index is -0.365. The van der Waals surface area contributed by atoms with Crippen LogP contribution in [0.5, 0.6) is 0 Å². The van der Waals surface area contributed by atoms with Gasteiger partial charge in [-0.15, -0.1) is 0 Å². The predicted molar refractivity (Wildman–Crippen MR) is 70.0 cm³/mol. The average Bonchev–Trinajstić information content (AvgIpc) is 2.29. The van der Waals surface area contributed by atoms with Gasteiger partial charge in [-0.2, -0.15) is 0 Å². The zero-order valence-electron chi connectivity index (χ0n) is 11.1. The molecule has 4 heteroatoms. The van der Waals surface area contributed by atoms with Crippen LogP contribution in [-0.4, -0.2) is 30.5 Å². The fourth-order valence-electron chi connectivity index (χ4n) is 2.63. The van der Waals surface area contributed by atoms with Crippen LogP contribution in [0.25, 0.3) is 0 Å². The van der Waals surface area contributed by atoms with Crippen LogP contribution in [-0.2, 0) is 4.74 Å². The van der Waals surface area contributed by atoms with E-state index in [2.05, 4.69) is 0 Å². The number of cyclic esters (lactones) is 1. The van der Waals surface area contributed by atoms with Gasteiger partial charge < -0.3 is 9.84 Å². The molecule has 1 saturated heterocycles. The Kier molecular flexibility index (Phi) is 3.57. The van der Waals surface area contributed by atoms with Gasteiger partial charge >= 0.3 is 6.09 Å². The first-order valence-corrected chi connectivity index (χ1v) is 6.19. The number of aliphatic hydroxyl groups excluding tert-OH is 1. The number of rotatable bonds is 2. The summed E-state index contributed by atoms with van der Waals surface area (Å²) in [6.07, 6.45) is 0.296. The van der Waals surface area contributed by atoms with Crippen LogP contribution in [0, 0.1) is 20.8 Å². The Labute approximate surface area is 107 Å². The lowest BCUT2D eigenvalue weighted by Crippen LogP contribution is -2.48. The molecule has 4 nitrogen and oxygen atoms in total. The molecular formula is C14H19NO3. The van der Waals surface area contributed by atoms with E-state index in [0.717, 1.165) is 16.8 Å². The van der Waals surface area contributed by atoms with Crippen LogP contribution in [0.4, 0.5) is 10.5 Å². The standard InChI is InChI=1S/C14H19NO3/c1-9-6-10(2)13(11(3)7-9)15-12(8-16)4-5-18-14(15)17/h6-7,12,16H,4-5,8H2,1-3H3. The number of aliphatic hydroxyl groups is 1. The first kappa shape index (κ1) is 12.9. The fraction of sp³-hybridized carbons (Fsp3) is 0.500. The van der Waals surface area contributed by atoms with Gasteiger partial charge in [0.05, 0.1) is 24.9 Å². The third-order valence-corrected chi connectivity index (χ3v) is 3.33. The van der Waals surface area contributed by atoms with Crippen molar-refractivity contribution < 1.29 is 14.6 Å². The number of aryl methyl sites for hydroxylation is 3. The number of hydrogen-bond donors (Lipinski definition) is 1. The maximum Gasteiger partial charge on any atom is 0.414 e. The van der Waals surface area contributed by atoms with Crippen LogP contribution in [0.3, 0.4) is 0 Å². The Hall–Kier alpha value is -1.55. The number of amides is 1. The van der Waals surface area contributed by atoms with E-state index in [1.165, 1.54) is 5.56 Å². The molecular weight excluding hydrogens is 230 g/mol. The molecule has 1 unspecified atom stereocenters. The van der Waals surface area contributed by atoms with Gasteiger partial charge in [0.1, 0.15) is 0 Å². The molecule has 1 N–H and O–H groups in total. The van der Waals surface area contributed by atoms with Gasteiger partial charge in [0.15, 0.2) is 0 Å². The molecule has 1 fully saturated rings. The third-order valence-electron chi connectivity index (χ3n) is 3.33. The normalized spacial score (nSPS) is 19.9. The molecule has 1 aromatic carbocycles. The predicted octanol–water partition coefficient (Wildman–Crippen LogP) is 2.32. The van der Waals surface area contributed by atoms with Crippen molar-refractivity contribution in [2.24, 2.45) is 0 Å². The molecule has 0 radical (unpaired) electrons. The molecule has 1 aliphatic rings. The smallest absolute Gasteiger partial charge is 0.414 e. The van der Waals surface area contributed by atoms with Gasteiger partial charge in [-0.3, -0.25) is 4.90 Å². The van der Waals surface area contributed by atoms with Crippen molar-refractivity contribution in [2.75, 3.05) is 18.1 Å². The number of hydrogen-bond acceptors (Lipinski definition) is 3. The highest BCUT2D eigenvalue weighted by molar-refractivity contribution is 5.91. The highest BCUT2D eigenvalue weighted by atomic mass is 16.6. The number of anilines is 1. The number of benzene rings is 1. The van der Waals surface area contributed by atoms with Crippen LogP contribution in [0.2, 0.25) is 0 Å². The Balaban J connectivity index is 2.48. The van der Waals surface area contributed by atoms with Crippen molar-refractivity contribution in [3.63, 3.8) is 0 Å². The summed E-state index contributed by atoms with van der Waals surface area (Å²) < 4.78 is 5.09. The van der Waals surface area contributed by atoms with Crippen LogP contribution in [0.15, 0.2) is 12.1 Å². The van der Waals surface area contributed by atoms with Gasteiger partial charge in [-0.05, 0) is 31.9 Å². The SMILES string of the molecule is Cc1cc(C)c(N2C(=O)OCCC2CO)c(C)c1. The number of carbonyl (C=O) groups excluding carboxylic acids is 1. The van der Waals surface area contributed by atoms with E-state index in [1.807, 2.05) is 32.9 Å². The number of ether oxygens (including phenoxy) is 1. The van der Waals surface area contributed by atoms with E-state index in [1.54, 1.807) is 4.90 Å². The maximum atomic E-state index is 11.9. The highest BCUT2D eigenvalue weighted by Gasteiger charge is 2.32. The van der Waals surface area contributed by atoms with Crippen molar-refractivity contribution in [1.82, 2.24) is 0 Å². The van der Waals surface area contributed by atoms with Gasteiger partial charge in [0.2, 0.25) is 0 Å². The second kappa shape index (κ2) is 4.98. The molecule has 0 aromatic heterocycles. The Morgan fingerprint density at radius 1 is 1.33 bits per heavy atom. The summed E-state index contributed by atoms with van der Waals surface area (Å²) >= 11 is 0. The van der Waals surface area contributed by atoms with E-state index in [0.29, 0.717) is 13.0 Å². The zero-order chi connectivity index (χ0) is 13.3. The minimum Gasteiger partial charge on any atom is -0.449 e. The van der Waals surface area contributed by atoms with E-state index in [9.17, 15) is 9.90 Å². The molecule has 1 aromatic rings. The molecule has 0 bridgehead atoms. The molecule has 1 aliphatic heterocycles. The van der Waals surface area contributed by atoms with Crippen molar-refractivity contribution in [3.05, 3.63) is 28.8 Å². The minimum absolute atomic E-state index is 0.0398. The molecule has 0 saturated carbocycles. The van der Waals surface area contributed by atoms with Crippen molar-refractivity contribution in [2.45, 2.75) is 33.2 Å². The lowest BCUT2D eigenvalue weighted by molar-refractivity contribution is 0.115. The van der Waals surface area contributed by atoms with Crippen LogP contribution in [0.1, 0.15) is 23.1 Å². The van der Waals surface area contributed by atoms with Crippen LogP contribution >= 0.6 is 0 Å². The molecule has 2 rings (SSSR count). The molecule has 1 atom stereocenters. The summed E-state index contributed by atoms with van der Waals surface area (Å²) in [5.74, 6) is 0. The quantitative estimate of drug-likeness (QED) is 0.875. The summed E-state index contributed by atoms with van der Waals surface area (Å²) in [6, 6.07) is 3.89. The second-order valence-electron chi connectivity index (χ2n) is 4.86. The second-order valence-corrected chi connectivity index (χ2v) is 4.86. The summed E-state index contributed by atoms with van der Waals surface area (Å²) in [7, 11) is 0. The third kappa shape index (κ3) is 2.20. The molecule has 0 spiro atoms. The largest absolute Gasteiger partial charge is 0.449 e. The highest BCUT2D eigenvalue weighted by Crippen LogP contribution is 2.30. The topological polar surface area (TPSA) is 49.8 Å². The van der Waals surface area contributed by atoms with Crippen molar-refractivity contribution in [3.8, 4) is 0 Å². The van der Waals surface area contributed by atoms with E-state index in [4.69, 9.17) is 4.74 Å². The first-order valence-electron chi connectivity index (χ1n) is 6.19. The van der Waals surface area contributed by atoms with Crippen molar-refractivity contribution in [1.29, 1.82) is 0 Å². The van der Waals surface area contributed by atoms with Gasteiger partial charge in [0, 0.05) is 6.42 Å². The molecule has 0 aliphatic carbocycles. The summed E-state index contributed by atoms with van der Waals surface area (Å²) in [6.45, 7) is 6.32. The fourth-order valence-corrected chi connectivity index (χ4v) is 2.63. The monoisotopic (exact) mass is 249 g/mol. The Morgan fingerprint density at radius 3 is 2.50 bits per heavy atom. The summed E-state index contributed by atoms with van der Waals surface area (Å²) in [5, 5.41) is 9.43. The zero-order valence-corrected chi connectivity index (χ0v) is 11.1.